The Morgan fingerprint density at radius 3 is 2.38 bits per heavy atom. The van der Waals surface area contributed by atoms with Crippen molar-refractivity contribution in [3.05, 3.63) is 35.9 Å². The van der Waals surface area contributed by atoms with Crippen LogP contribution >= 0.6 is 24.2 Å². The first kappa shape index (κ1) is 15.0. The number of carboxylic acids is 1. The molecule has 0 amide bonds. The van der Waals surface area contributed by atoms with Crippen LogP contribution in [0.15, 0.2) is 30.3 Å². The summed E-state index contributed by atoms with van der Waals surface area (Å²) in [7, 11) is 0. The van der Waals surface area contributed by atoms with Crippen LogP contribution in [0.4, 0.5) is 0 Å². The van der Waals surface area contributed by atoms with Crippen LogP contribution in [0.5, 0.6) is 0 Å². The van der Waals surface area contributed by atoms with E-state index in [-0.39, 0.29) is 17.5 Å². The first-order chi connectivity index (χ1) is 7.11. The van der Waals surface area contributed by atoms with Gasteiger partial charge in [-0.25, -0.2) is 0 Å². The van der Waals surface area contributed by atoms with Gasteiger partial charge in [0.05, 0.1) is 5.92 Å². The molecule has 3 nitrogen and oxygen atoms in total. The fraction of sp³-hybridized carbons (Fsp3) is 0.273. The third-order valence-electron chi connectivity index (χ3n) is 1.90. The first-order valence-electron chi connectivity index (χ1n) is 4.56. The molecule has 0 spiro atoms. The molecule has 1 aromatic carbocycles. The van der Waals surface area contributed by atoms with E-state index in [1.54, 1.807) is 31.2 Å². The second-order valence-electron chi connectivity index (χ2n) is 3.20. The van der Waals surface area contributed by atoms with Crippen molar-refractivity contribution in [3.63, 3.8) is 0 Å². The summed E-state index contributed by atoms with van der Waals surface area (Å²) in [5, 5.41) is 8.56. The molecule has 0 bridgehead atoms. The first-order valence-corrected chi connectivity index (χ1v) is 5.55. The Morgan fingerprint density at radius 2 is 1.88 bits per heavy atom. The number of hydrogen-bond acceptors (Lipinski definition) is 3. The monoisotopic (exact) mass is 260 g/mol. The van der Waals surface area contributed by atoms with Gasteiger partial charge in [-0.15, -0.1) is 12.4 Å². The molecule has 0 saturated heterocycles. The van der Waals surface area contributed by atoms with Crippen LogP contribution in [0.25, 0.3) is 0 Å². The summed E-state index contributed by atoms with van der Waals surface area (Å²) in [6.45, 7) is 1.59. The molecule has 0 aliphatic heterocycles. The van der Waals surface area contributed by atoms with Crippen LogP contribution in [0.3, 0.4) is 0 Å². The number of carbonyl (C=O) groups excluding carboxylic acids is 1. The molecular weight excluding hydrogens is 248 g/mol. The molecular formula is C11H13ClO3S. The summed E-state index contributed by atoms with van der Waals surface area (Å²) < 4.78 is 0. The highest BCUT2D eigenvalue weighted by atomic mass is 35.5. The van der Waals surface area contributed by atoms with E-state index in [2.05, 4.69) is 0 Å². The molecule has 0 heterocycles. The van der Waals surface area contributed by atoms with Gasteiger partial charge in [-0.2, -0.15) is 0 Å². The van der Waals surface area contributed by atoms with Gasteiger partial charge in [-0.3, -0.25) is 9.59 Å². The molecule has 0 radical (unpaired) electrons. The van der Waals surface area contributed by atoms with Crippen molar-refractivity contribution in [3.8, 4) is 0 Å². The lowest BCUT2D eigenvalue weighted by atomic mass is 10.2. The minimum absolute atomic E-state index is 0. The van der Waals surface area contributed by atoms with Gasteiger partial charge < -0.3 is 5.11 Å². The van der Waals surface area contributed by atoms with Crippen molar-refractivity contribution in [1.82, 2.24) is 0 Å². The number of carboxylic acid groups (broad SMARTS) is 1. The number of hydrogen-bond donors (Lipinski definition) is 1. The largest absolute Gasteiger partial charge is 0.481 e. The van der Waals surface area contributed by atoms with E-state index in [0.717, 1.165) is 11.8 Å². The Balaban J connectivity index is 0.00000225. The van der Waals surface area contributed by atoms with Gasteiger partial charge in [0.25, 0.3) is 0 Å². The van der Waals surface area contributed by atoms with E-state index in [1.165, 1.54) is 0 Å². The molecule has 1 atom stereocenters. The highest BCUT2D eigenvalue weighted by Crippen LogP contribution is 2.15. The number of thioether (sulfide) groups is 1. The van der Waals surface area contributed by atoms with Crippen molar-refractivity contribution in [2.75, 3.05) is 5.75 Å². The molecule has 0 fully saturated rings. The summed E-state index contributed by atoms with van der Waals surface area (Å²) in [6.07, 6.45) is 0. The molecule has 0 aromatic heterocycles. The molecule has 1 rings (SSSR count). The van der Waals surface area contributed by atoms with Crippen LogP contribution in [0.1, 0.15) is 17.3 Å². The van der Waals surface area contributed by atoms with Crippen molar-refractivity contribution in [1.29, 1.82) is 0 Å². The molecule has 5 heteroatoms. The van der Waals surface area contributed by atoms with E-state index in [4.69, 9.17) is 5.11 Å². The maximum Gasteiger partial charge on any atom is 0.307 e. The molecule has 1 unspecified atom stereocenters. The highest BCUT2D eigenvalue weighted by Gasteiger charge is 2.14. The zero-order chi connectivity index (χ0) is 11.3. The molecule has 0 aliphatic rings. The molecule has 1 N–H and O–H groups in total. The zero-order valence-electron chi connectivity index (χ0n) is 8.75. The minimum atomic E-state index is -0.872. The lowest BCUT2D eigenvalue weighted by molar-refractivity contribution is -0.140. The van der Waals surface area contributed by atoms with Crippen LogP contribution in [0, 0.1) is 5.92 Å². The third kappa shape index (κ3) is 4.68. The number of rotatable bonds is 4. The summed E-state index contributed by atoms with van der Waals surface area (Å²) in [5.41, 5.74) is 0.611. The van der Waals surface area contributed by atoms with Gasteiger partial charge in [0, 0.05) is 11.3 Å². The van der Waals surface area contributed by atoms with E-state index in [1.807, 2.05) is 6.07 Å². The smallest absolute Gasteiger partial charge is 0.307 e. The Hall–Kier alpha value is -1.00. The Bertz CT molecular complexity index is 354. The van der Waals surface area contributed by atoms with Gasteiger partial charge in [0.2, 0.25) is 5.12 Å². The summed E-state index contributed by atoms with van der Waals surface area (Å²) in [4.78, 5) is 22.1. The summed E-state index contributed by atoms with van der Waals surface area (Å²) in [5.74, 6) is -1.06. The molecule has 16 heavy (non-hydrogen) atoms. The fourth-order valence-corrected chi connectivity index (χ4v) is 1.78. The van der Waals surface area contributed by atoms with Gasteiger partial charge >= 0.3 is 5.97 Å². The average Bonchev–Trinajstić information content (AvgIpc) is 2.26. The number of carbonyl (C=O) groups is 2. The topological polar surface area (TPSA) is 54.4 Å². The third-order valence-corrected chi connectivity index (χ3v) is 3.06. The number of benzene rings is 1. The highest BCUT2D eigenvalue weighted by molar-refractivity contribution is 8.14. The SMILES string of the molecule is CC(CSC(=O)c1ccccc1)C(=O)O.Cl. The van der Waals surface area contributed by atoms with Crippen LogP contribution in [0.2, 0.25) is 0 Å². The lowest BCUT2D eigenvalue weighted by Gasteiger charge is -2.04. The predicted molar refractivity (Wildman–Crippen MR) is 67.3 cm³/mol. The Labute approximate surface area is 105 Å². The van der Waals surface area contributed by atoms with Gasteiger partial charge in [0.15, 0.2) is 0 Å². The van der Waals surface area contributed by atoms with Crippen molar-refractivity contribution >= 4 is 35.3 Å². The molecule has 0 aliphatic carbocycles. The van der Waals surface area contributed by atoms with E-state index in [0.29, 0.717) is 11.3 Å². The predicted octanol–water partition coefficient (Wildman–Crippen LogP) is 2.70. The molecule has 1 aromatic rings. The van der Waals surface area contributed by atoms with E-state index < -0.39 is 11.9 Å². The second kappa shape index (κ2) is 7.30. The van der Waals surface area contributed by atoms with Crippen LogP contribution in [-0.2, 0) is 4.79 Å². The average molecular weight is 261 g/mol. The van der Waals surface area contributed by atoms with E-state index >= 15 is 0 Å². The summed E-state index contributed by atoms with van der Waals surface area (Å²) in [6, 6.07) is 8.85. The maximum absolute atomic E-state index is 11.5. The normalized spacial score (nSPS) is 11.3. The Kier molecular flexibility index (Phi) is 6.85. The van der Waals surface area contributed by atoms with Crippen molar-refractivity contribution < 1.29 is 14.7 Å². The van der Waals surface area contributed by atoms with Gasteiger partial charge in [0.1, 0.15) is 0 Å². The zero-order valence-corrected chi connectivity index (χ0v) is 10.4. The molecule has 88 valence electrons. The standard InChI is InChI=1S/C11H12O3S.ClH/c1-8(10(12)13)7-15-11(14)9-5-3-2-4-6-9;/h2-6,8H,7H2,1H3,(H,12,13);1H. The Morgan fingerprint density at radius 1 is 1.31 bits per heavy atom. The van der Waals surface area contributed by atoms with Gasteiger partial charge in [-0.05, 0) is 0 Å². The second-order valence-corrected chi connectivity index (χ2v) is 4.20. The summed E-state index contributed by atoms with van der Waals surface area (Å²) >= 11 is 1.05. The van der Waals surface area contributed by atoms with Crippen molar-refractivity contribution in [2.45, 2.75) is 6.92 Å². The van der Waals surface area contributed by atoms with Crippen LogP contribution in [-0.4, -0.2) is 21.9 Å². The fourth-order valence-electron chi connectivity index (χ4n) is 0.930. The van der Waals surface area contributed by atoms with Crippen LogP contribution < -0.4 is 0 Å². The van der Waals surface area contributed by atoms with E-state index in [9.17, 15) is 9.59 Å². The number of aliphatic carboxylic acids is 1. The number of halogens is 1. The van der Waals surface area contributed by atoms with Gasteiger partial charge in [-0.1, -0.05) is 49.0 Å². The molecule has 0 saturated carbocycles. The maximum atomic E-state index is 11.5. The lowest BCUT2D eigenvalue weighted by Crippen LogP contribution is -2.13. The van der Waals surface area contributed by atoms with Crippen molar-refractivity contribution in [2.24, 2.45) is 5.92 Å². The quantitative estimate of drug-likeness (QED) is 0.904. The minimum Gasteiger partial charge on any atom is -0.481 e.